The van der Waals surface area contributed by atoms with E-state index in [9.17, 15) is 13.2 Å². The summed E-state index contributed by atoms with van der Waals surface area (Å²) in [5.41, 5.74) is 8.42. The Hall–Kier alpha value is -1.97. The highest BCUT2D eigenvalue weighted by Gasteiger charge is 2.28. The van der Waals surface area contributed by atoms with Crippen LogP contribution in [0.5, 0.6) is 5.75 Å². The standard InChI is InChI=1S/C17H18F3N3O.HI/c1-12-4-2-6-14(8-12)23-16(21)22-10-13-5-3-7-15(9-13)24-11-17(18,19)20;/h2-9H,10-11H2,1H3,(H3,21,22,23);1H. The summed E-state index contributed by atoms with van der Waals surface area (Å²) in [6, 6.07) is 14.0. The highest BCUT2D eigenvalue weighted by molar-refractivity contribution is 14.0. The van der Waals surface area contributed by atoms with Crippen LogP contribution in [0, 0.1) is 6.92 Å². The highest BCUT2D eigenvalue weighted by Crippen LogP contribution is 2.19. The summed E-state index contributed by atoms with van der Waals surface area (Å²) in [5.74, 6) is 0.368. The number of aryl methyl sites for hydroxylation is 1. The van der Waals surface area contributed by atoms with Crippen LogP contribution in [0.15, 0.2) is 53.5 Å². The molecule has 25 heavy (non-hydrogen) atoms. The second-order valence-corrected chi connectivity index (χ2v) is 5.25. The number of hydrogen-bond acceptors (Lipinski definition) is 2. The summed E-state index contributed by atoms with van der Waals surface area (Å²) in [4.78, 5) is 4.17. The molecule has 8 heteroatoms. The van der Waals surface area contributed by atoms with E-state index in [-0.39, 0.29) is 42.2 Å². The molecule has 0 aromatic heterocycles. The minimum absolute atomic E-state index is 0. The van der Waals surface area contributed by atoms with Crippen molar-refractivity contribution in [1.29, 1.82) is 0 Å². The Balaban J connectivity index is 0.00000312. The lowest BCUT2D eigenvalue weighted by Crippen LogP contribution is -2.22. The van der Waals surface area contributed by atoms with Crippen molar-refractivity contribution in [3.05, 3.63) is 59.7 Å². The van der Waals surface area contributed by atoms with Gasteiger partial charge in [0.15, 0.2) is 12.6 Å². The first-order valence-corrected chi connectivity index (χ1v) is 7.24. The van der Waals surface area contributed by atoms with E-state index in [4.69, 9.17) is 10.5 Å². The summed E-state index contributed by atoms with van der Waals surface area (Å²) in [5, 5.41) is 2.96. The Morgan fingerprint density at radius 3 is 2.56 bits per heavy atom. The van der Waals surface area contributed by atoms with Gasteiger partial charge < -0.3 is 15.8 Å². The topological polar surface area (TPSA) is 59.6 Å². The predicted octanol–water partition coefficient (Wildman–Crippen LogP) is 4.48. The molecule has 4 nitrogen and oxygen atoms in total. The van der Waals surface area contributed by atoms with Gasteiger partial charge in [0.25, 0.3) is 0 Å². The maximum Gasteiger partial charge on any atom is 0.422 e. The minimum atomic E-state index is -4.36. The molecule has 0 heterocycles. The first-order valence-electron chi connectivity index (χ1n) is 7.24. The number of nitrogens with one attached hydrogen (secondary N) is 1. The van der Waals surface area contributed by atoms with E-state index in [2.05, 4.69) is 10.3 Å². The maximum absolute atomic E-state index is 12.2. The third kappa shape index (κ3) is 8.10. The number of nitrogens with two attached hydrogens (primary N) is 1. The molecule has 0 saturated heterocycles. The monoisotopic (exact) mass is 465 g/mol. The average Bonchev–Trinajstić information content (AvgIpc) is 2.51. The van der Waals surface area contributed by atoms with Crippen LogP contribution in [0.4, 0.5) is 18.9 Å². The zero-order valence-corrected chi connectivity index (χ0v) is 15.8. The normalized spacial score (nSPS) is 11.6. The fraction of sp³-hybridized carbons (Fsp3) is 0.235. The Labute approximate surface area is 161 Å². The number of aliphatic imine (C=N–C) groups is 1. The van der Waals surface area contributed by atoms with E-state index in [0.717, 1.165) is 11.3 Å². The number of hydrogen-bond donors (Lipinski definition) is 2. The molecule has 2 aromatic carbocycles. The van der Waals surface area contributed by atoms with E-state index >= 15 is 0 Å². The molecule has 0 bridgehead atoms. The molecule has 136 valence electrons. The third-order valence-electron chi connectivity index (χ3n) is 3.02. The van der Waals surface area contributed by atoms with Crippen LogP contribution in [0.2, 0.25) is 0 Å². The van der Waals surface area contributed by atoms with Crippen molar-refractivity contribution < 1.29 is 17.9 Å². The van der Waals surface area contributed by atoms with Gasteiger partial charge in [0, 0.05) is 5.69 Å². The lowest BCUT2D eigenvalue weighted by molar-refractivity contribution is -0.153. The number of ether oxygens (including phenoxy) is 1. The number of anilines is 1. The number of alkyl halides is 3. The molecular formula is C17H19F3IN3O. The molecular weight excluding hydrogens is 446 g/mol. The molecule has 2 rings (SSSR count). The van der Waals surface area contributed by atoms with Crippen LogP contribution < -0.4 is 15.8 Å². The van der Waals surface area contributed by atoms with Crippen LogP contribution in [0.25, 0.3) is 0 Å². The molecule has 0 unspecified atom stereocenters. The Kier molecular flexibility index (Phi) is 8.01. The lowest BCUT2D eigenvalue weighted by atomic mass is 10.2. The molecule has 0 aliphatic rings. The van der Waals surface area contributed by atoms with Gasteiger partial charge in [-0.25, -0.2) is 4.99 Å². The van der Waals surface area contributed by atoms with Gasteiger partial charge in [-0.1, -0.05) is 24.3 Å². The average molecular weight is 465 g/mol. The van der Waals surface area contributed by atoms with Crippen molar-refractivity contribution >= 4 is 35.6 Å². The fourth-order valence-corrected chi connectivity index (χ4v) is 1.99. The Bertz CT molecular complexity index is 720. The quantitative estimate of drug-likeness (QED) is 0.389. The van der Waals surface area contributed by atoms with Crippen molar-refractivity contribution in [2.45, 2.75) is 19.6 Å². The highest BCUT2D eigenvalue weighted by atomic mass is 127. The first-order chi connectivity index (χ1) is 11.3. The molecule has 2 aromatic rings. The van der Waals surface area contributed by atoms with Crippen molar-refractivity contribution in [3.8, 4) is 5.75 Å². The molecule has 0 atom stereocenters. The fourth-order valence-electron chi connectivity index (χ4n) is 1.99. The van der Waals surface area contributed by atoms with Gasteiger partial charge in [-0.15, -0.1) is 24.0 Å². The zero-order valence-electron chi connectivity index (χ0n) is 13.5. The molecule has 3 N–H and O–H groups in total. The number of rotatable bonds is 5. The molecule has 0 aliphatic carbocycles. The van der Waals surface area contributed by atoms with E-state index in [1.54, 1.807) is 12.1 Å². The van der Waals surface area contributed by atoms with Crippen LogP contribution in [-0.4, -0.2) is 18.7 Å². The second kappa shape index (κ2) is 9.50. The molecule has 0 fully saturated rings. The summed E-state index contributed by atoms with van der Waals surface area (Å²) in [7, 11) is 0. The molecule has 0 aliphatic heterocycles. The second-order valence-electron chi connectivity index (χ2n) is 5.25. The number of halogens is 4. The molecule has 0 saturated carbocycles. The van der Waals surface area contributed by atoms with E-state index in [0.29, 0.717) is 5.56 Å². The van der Waals surface area contributed by atoms with Gasteiger partial charge in [-0.2, -0.15) is 13.2 Å². The number of benzene rings is 2. The van der Waals surface area contributed by atoms with Crippen LogP contribution in [0.1, 0.15) is 11.1 Å². The molecule has 0 amide bonds. The SMILES string of the molecule is Cc1cccc(NC(N)=NCc2cccc(OCC(F)(F)F)c2)c1.I. The summed E-state index contributed by atoms with van der Waals surface area (Å²) < 4.78 is 41.2. The Morgan fingerprint density at radius 1 is 1.16 bits per heavy atom. The van der Waals surface area contributed by atoms with Crippen molar-refractivity contribution in [3.63, 3.8) is 0 Å². The van der Waals surface area contributed by atoms with Crippen molar-refractivity contribution in [2.24, 2.45) is 10.7 Å². The van der Waals surface area contributed by atoms with Gasteiger partial charge in [0.2, 0.25) is 0 Å². The zero-order chi connectivity index (χ0) is 17.6. The smallest absolute Gasteiger partial charge is 0.422 e. The van der Waals surface area contributed by atoms with Gasteiger partial charge in [-0.3, -0.25) is 0 Å². The predicted molar refractivity (Wildman–Crippen MR) is 104 cm³/mol. The van der Waals surface area contributed by atoms with Gasteiger partial charge in [0.1, 0.15) is 5.75 Å². The van der Waals surface area contributed by atoms with E-state index in [1.807, 2.05) is 31.2 Å². The lowest BCUT2D eigenvalue weighted by Gasteiger charge is -2.10. The minimum Gasteiger partial charge on any atom is -0.484 e. The maximum atomic E-state index is 12.2. The van der Waals surface area contributed by atoms with Crippen LogP contribution >= 0.6 is 24.0 Å². The van der Waals surface area contributed by atoms with Gasteiger partial charge in [-0.05, 0) is 42.3 Å². The van der Waals surface area contributed by atoms with Crippen molar-refractivity contribution in [2.75, 3.05) is 11.9 Å². The van der Waals surface area contributed by atoms with Crippen LogP contribution in [-0.2, 0) is 6.54 Å². The van der Waals surface area contributed by atoms with Gasteiger partial charge in [0.05, 0.1) is 6.54 Å². The summed E-state index contributed by atoms with van der Waals surface area (Å²) in [6.45, 7) is 0.871. The third-order valence-corrected chi connectivity index (χ3v) is 3.02. The van der Waals surface area contributed by atoms with Crippen LogP contribution in [0.3, 0.4) is 0 Å². The molecule has 0 spiro atoms. The Morgan fingerprint density at radius 2 is 1.88 bits per heavy atom. The van der Waals surface area contributed by atoms with E-state index < -0.39 is 12.8 Å². The van der Waals surface area contributed by atoms with Crippen molar-refractivity contribution in [1.82, 2.24) is 0 Å². The number of guanidine groups is 1. The summed E-state index contributed by atoms with van der Waals surface area (Å²) in [6.07, 6.45) is -4.36. The van der Waals surface area contributed by atoms with E-state index in [1.165, 1.54) is 12.1 Å². The number of nitrogens with zero attached hydrogens (tertiary/aromatic N) is 1. The summed E-state index contributed by atoms with van der Waals surface area (Å²) >= 11 is 0. The molecule has 0 radical (unpaired) electrons. The largest absolute Gasteiger partial charge is 0.484 e. The first kappa shape index (κ1) is 21.1. The van der Waals surface area contributed by atoms with Gasteiger partial charge >= 0.3 is 6.18 Å².